The summed E-state index contributed by atoms with van der Waals surface area (Å²) in [6, 6.07) is 4.63. The SMILES string of the molecule is O=C(OCc1ccc(C(F)(F)F)cc1)N1CCCCC1. The number of hydrogen-bond acceptors (Lipinski definition) is 2. The first-order valence-electron chi connectivity index (χ1n) is 6.54. The number of hydrogen-bond donors (Lipinski definition) is 0. The Kier molecular flexibility index (Phi) is 4.52. The molecule has 0 saturated carbocycles. The number of alkyl halides is 3. The molecule has 20 heavy (non-hydrogen) atoms. The summed E-state index contributed by atoms with van der Waals surface area (Å²) in [6.45, 7) is 1.37. The number of piperidine rings is 1. The second-order valence-electron chi connectivity index (χ2n) is 4.80. The highest BCUT2D eigenvalue weighted by molar-refractivity contribution is 5.67. The summed E-state index contributed by atoms with van der Waals surface area (Å²) in [5.41, 5.74) is -0.160. The van der Waals surface area contributed by atoms with Gasteiger partial charge in [-0.2, -0.15) is 13.2 Å². The molecule has 110 valence electrons. The average Bonchev–Trinajstić information content (AvgIpc) is 2.45. The van der Waals surface area contributed by atoms with Crippen LogP contribution < -0.4 is 0 Å². The highest BCUT2D eigenvalue weighted by Gasteiger charge is 2.30. The van der Waals surface area contributed by atoms with E-state index in [2.05, 4.69) is 0 Å². The van der Waals surface area contributed by atoms with Gasteiger partial charge in [0.1, 0.15) is 6.61 Å². The van der Waals surface area contributed by atoms with Crippen LogP contribution in [-0.2, 0) is 17.5 Å². The zero-order chi connectivity index (χ0) is 14.6. The third-order valence-corrected chi connectivity index (χ3v) is 3.26. The summed E-state index contributed by atoms with van der Waals surface area (Å²) < 4.78 is 42.3. The van der Waals surface area contributed by atoms with E-state index in [-0.39, 0.29) is 6.61 Å². The van der Waals surface area contributed by atoms with E-state index >= 15 is 0 Å². The zero-order valence-corrected chi connectivity index (χ0v) is 10.9. The van der Waals surface area contributed by atoms with Gasteiger partial charge in [0.15, 0.2) is 0 Å². The number of benzene rings is 1. The van der Waals surface area contributed by atoms with Gasteiger partial charge in [0, 0.05) is 13.1 Å². The largest absolute Gasteiger partial charge is 0.445 e. The minimum atomic E-state index is -4.34. The van der Waals surface area contributed by atoms with Crippen LogP contribution in [0, 0.1) is 0 Å². The molecule has 1 fully saturated rings. The zero-order valence-electron chi connectivity index (χ0n) is 10.9. The normalized spacial score (nSPS) is 16.1. The van der Waals surface area contributed by atoms with Gasteiger partial charge in [0.05, 0.1) is 5.56 Å². The van der Waals surface area contributed by atoms with Crippen molar-refractivity contribution in [2.75, 3.05) is 13.1 Å². The predicted octanol–water partition coefficient (Wildman–Crippen LogP) is 3.83. The van der Waals surface area contributed by atoms with Crippen LogP contribution in [0.3, 0.4) is 0 Å². The Morgan fingerprint density at radius 2 is 1.70 bits per heavy atom. The molecular weight excluding hydrogens is 271 g/mol. The van der Waals surface area contributed by atoms with E-state index in [0.717, 1.165) is 31.4 Å². The van der Waals surface area contributed by atoms with Gasteiger partial charge < -0.3 is 9.64 Å². The number of carbonyl (C=O) groups excluding carboxylic acids is 1. The second-order valence-corrected chi connectivity index (χ2v) is 4.80. The smallest absolute Gasteiger partial charge is 0.416 e. The molecule has 0 spiro atoms. The van der Waals surface area contributed by atoms with E-state index in [1.807, 2.05) is 0 Å². The van der Waals surface area contributed by atoms with Crippen LogP contribution in [-0.4, -0.2) is 24.1 Å². The first-order valence-corrected chi connectivity index (χ1v) is 6.54. The molecule has 2 rings (SSSR count). The van der Waals surface area contributed by atoms with E-state index < -0.39 is 17.8 Å². The summed E-state index contributed by atoms with van der Waals surface area (Å²) in [4.78, 5) is 13.4. The maximum Gasteiger partial charge on any atom is 0.416 e. The van der Waals surface area contributed by atoms with Gasteiger partial charge in [-0.25, -0.2) is 4.79 Å². The molecule has 6 heteroatoms. The Labute approximate surface area is 115 Å². The molecular formula is C14H16F3NO2. The van der Waals surface area contributed by atoms with Crippen LogP contribution in [0.1, 0.15) is 30.4 Å². The summed E-state index contributed by atoms with van der Waals surface area (Å²) in [6.07, 6.45) is -1.69. The van der Waals surface area contributed by atoms with Crippen LogP contribution in [0.4, 0.5) is 18.0 Å². The number of carbonyl (C=O) groups is 1. The van der Waals surface area contributed by atoms with Gasteiger partial charge in [-0.3, -0.25) is 0 Å². The highest BCUT2D eigenvalue weighted by atomic mass is 19.4. The molecule has 0 bridgehead atoms. The van der Waals surface area contributed by atoms with Crippen molar-refractivity contribution < 1.29 is 22.7 Å². The van der Waals surface area contributed by atoms with Crippen LogP contribution >= 0.6 is 0 Å². The molecule has 1 aliphatic rings. The number of amides is 1. The fourth-order valence-electron chi connectivity index (χ4n) is 2.10. The van der Waals surface area contributed by atoms with Crippen molar-refractivity contribution in [3.8, 4) is 0 Å². The molecule has 1 aromatic carbocycles. The van der Waals surface area contributed by atoms with E-state index in [0.29, 0.717) is 18.7 Å². The standard InChI is InChI=1S/C14H16F3NO2/c15-14(16,17)12-6-4-11(5-7-12)10-20-13(19)18-8-2-1-3-9-18/h4-7H,1-3,8-10H2. The fourth-order valence-corrected chi connectivity index (χ4v) is 2.10. The van der Waals surface area contributed by atoms with Crippen molar-refractivity contribution >= 4 is 6.09 Å². The van der Waals surface area contributed by atoms with Crippen LogP contribution in [0.2, 0.25) is 0 Å². The summed E-state index contributed by atoms with van der Waals surface area (Å²) in [5, 5.41) is 0. The van der Waals surface area contributed by atoms with Gasteiger partial charge in [-0.15, -0.1) is 0 Å². The predicted molar refractivity (Wildman–Crippen MR) is 67.1 cm³/mol. The maximum atomic E-state index is 12.4. The lowest BCUT2D eigenvalue weighted by Crippen LogP contribution is -2.35. The second kappa shape index (κ2) is 6.15. The fraction of sp³-hybridized carbons (Fsp3) is 0.500. The van der Waals surface area contributed by atoms with Crippen LogP contribution in [0.5, 0.6) is 0 Å². The number of ether oxygens (including phenoxy) is 1. The molecule has 1 amide bonds. The summed E-state index contributed by atoms with van der Waals surface area (Å²) >= 11 is 0. The van der Waals surface area contributed by atoms with Gasteiger partial charge in [-0.1, -0.05) is 12.1 Å². The Bertz CT molecular complexity index is 450. The van der Waals surface area contributed by atoms with E-state index in [9.17, 15) is 18.0 Å². The number of halogens is 3. The van der Waals surface area contributed by atoms with Gasteiger partial charge in [-0.05, 0) is 37.0 Å². The molecule has 0 N–H and O–H groups in total. The number of likely N-dealkylation sites (tertiary alicyclic amines) is 1. The minimum Gasteiger partial charge on any atom is -0.445 e. The topological polar surface area (TPSA) is 29.5 Å². The number of rotatable bonds is 2. The molecule has 0 aliphatic carbocycles. The van der Waals surface area contributed by atoms with E-state index in [1.54, 1.807) is 4.90 Å². The molecule has 0 aromatic heterocycles. The monoisotopic (exact) mass is 287 g/mol. The van der Waals surface area contributed by atoms with Gasteiger partial charge in [0.25, 0.3) is 0 Å². The summed E-state index contributed by atoms with van der Waals surface area (Å²) in [5.74, 6) is 0. The molecule has 0 atom stereocenters. The maximum absolute atomic E-state index is 12.4. The quantitative estimate of drug-likeness (QED) is 0.827. The lowest BCUT2D eigenvalue weighted by molar-refractivity contribution is -0.137. The van der Waals surface area contributed by atoms with Crippen molar-refractivity contribution in [2.24, 2.45) is 0 Å². The highest BCUT2D eigenvalue weighted by Crippen LogP contribution is 2.29. The Morgan fingerprint density at radius 3 is 2.25 bits per heavy atom. The Hall–Kier alpha value is -1.72. The van der Waals surface area contributed by atoms with Crippen molar-refractivity contribution in [3.05, 3.63) is 35.4 Å². The molecule has 3 nitrogen and oxygen atoms in total. The van der Waals surface area contributed by atoms with Gasteiger partial charge >= 0.3 is 12.3 Å². The van der Waals surface area contributed by atoms with Crippen LogP contribution in [0.15, 0.2) is 24.3 Å². The molecule has 0 unspecified atom stereocenters. The molecule has 1 aromatic rings. The van der Waals surface area contributed by atoms with Crippen molar-refractivity contribution in [1.82, 2.24) is 4.90 Å². The van der Waals surface area contributed by atoms with E-state index in [4.69, 9.17) is 4.74 Å². The van der Waals surface area contributed by atoms with Crippen molar-refractivity contribution in [3.63, 3.8) is 0 Å². The third kappa shape index (κ3) is 3.88. The lowest BCUT2D eigenvalue weighted by Gasteiger charge is -2.25. The van der Waals surface area contributed by atoms with E-state index in [1.165, 1.54) is 12.1 Å². The first-order chi connectivity index (χ1) is 9.47. The summed E-state index contributed by atoms with van der Waals surface area (Å²) in [7, 11) is 0. The molecule has 1 heterocycles. The first kappa shape index (κ1) is 14.7. The number of nitrogens with zero attached hydrogens (tertiary/aromatic N) is 1. The van der Waals surface area contributed by atoms with Gasteiger partial charge in [0.2, 0.25) is 0 Å². The average molecular weight is 287 g/mol. The third-order valence-electron chi connectivity index (χ3n) is 3.26. The Morgan fingerprint density at radius 1 is 1.10 bits per heavy atom. The molecule has 1 aliphatic heterocycles. The van der Waals surface area contributed by atoms with Crippen molar-refractivity contribution in [2.45, 2.75) is 32.0 Å². The minimum absolute atomic E-state index is 0.00648. The Balaban J connectivity index is 1.86. The molecule has 0 radical (unpaired) electrons. The van der Waals surface area contributed by atoms with Crippen LogP contribution in [0.25, 0.3) is 0 Å². The molecule has 1 saturated heterocycles. The lowest BCUT2D eigenvalue weighted by atomic mass is 10.1. The van der Waals surface area contributed by atoms with Crippen molar-refractivity contribution in [1.29, 1.82) is 0 Å².